The van der Waals surface area contributed by atoms with Crippen LogP contribution in [0.4, 0.5) is 5.69 Å². The van der Waals surface area contributed by atoms with Crippen molar-refractivity contribution >= 4 is 29.2 Å². The molecule has 0 fully saturated rings. The lowest BCUT2D eigenvalue weighted by Gasteiger charge is -2.27. The third kappa shape index (κ3) is 3.40. The van der Waals surface area contributed by atoms with E-state index in [0.29, 0.717) is 22.9 Å². The van der Waals surface area contributed by atoms with Crippen LogP contribution in [0.25, 0.3) is 0 Å². The standard InChI is InChI=1S/C20H20ClNO4/c1-12-8-9-15(21)18(10-12)26-13(2)19(23)22-16-7-5-4-6-14(16)11-17(22)20(24)25-3/h4-10,13,17H,11H2,1-3H3. The van der Waals surface area contributed by atoms with Gasteiger partial charge in [-0.1, -0.05) is 35.9 Å². The van der Waals surface area contributed by atoms with Gasteiger partial charge in [-0.25, -0.2) is 4.79 Å². The van der Waals surface area contributed by atoms with Crippen LogP contribution >= 0.6 is 11.6 Å². The molecule has 0 spiro atoms. The van der Waals surface area contributed by atoms with E-state index in [1.54, 1.807) is 19.1 Å². The second-order valence-electron chi connectivity index (χ2n) is 6.27. The molecule has 0 aromatic heterocycles. The van der Waals surface area contributed by atoms with Crippen molar-refractivity contribution in [3.63, 3.8) is 0 Å². The van der Waals surface area contributed by atoms with Crippen LogP contribution in [-0.4, -0.2) is 31.1 Å². The number of methoxy groups -OCH3 is 1. The number of amides is 1. The summed E-state index contributed by atoms with van der Waals surface area (Å²) in [5.74, 6) is -0.326. The molecule has 5 nitrogen and oxygen atoms in total. The maximum Gasteiger partial charge on any atom is 0.329 e. The van der Waals surface area contributed by atoms with E-state index in [0.717, 1.165) is 11.1 Å². The van der Waals surface area contributed by atoms with E-state index in [1.165, 1.54) is 12.0 Å². The van der Waals surface area contributed by atoms with Gasteiger partial charge in [0.15, 0.2) is 6.10 Å². The zero-order chi connectivity index (χ0) is 18.8. The van der Waals surface area contributed by atoms with Crippen molar-refractivity contribution in [3.05, 3.63) is 58.6 Å². The number of aryl methyl sites for hydroxylation is 1. The van der Waals surface area contributed by atoms with Crippen LogP contribution in [0.15, 0.2) is 42.5 Å². The number of hydrogen-bond donors (Lipinski definition) is 0. The average molecular weight is 374 g/mol. The molecule has 0 aliphatic carbocycles. The van der Waals surface area contributed by atoms with Crippen LogP contribution in [0.1, 0.15) is 18.1 Å². The van der Waals surface area contributed by atoms with Gasteiger partial charge in [0.25, 0.3) is 5.91 Å². The number of hydrogen-bond acceptors (Lipinski definition) is 4. The van der Waals surface area contributed by atoms with Gasteiger partial charge < -0.3 is 9.47 Å². The van der Waals surface area contributed by atoms with Crippen LogP contribution in [0.2, 0.25) is 5.02 Å². The predicted molar refractivity (Wildman–Crippen MR) is 99.7 cm³/mol. The van der Waals surface area contributed by atoms with Gasteiger partial charge >= 0.3 is 5.97 Å². The first-order valence-electron chi connectivity index (χ1n) is 8.34. The summed E-state index contributed by atoms with van der Waals surface area (Å²) in [6, 6.07) is 12.1. The molecule has 1 aliphatic heterocycles. The van der Waals surface area contributed by atoms with E-state index in [-0.39, 0.29) is 5.91 Å². The lowest BCUT2D eigenvalue weighted by Crippen LogP contribution is -2.48. The highest BCUT2D eigenvalue weighted by Gasteiger charge is 2.41. The number of nitrogens with zero attached hydrogens (tertiary/aromatic N) is 1. The molecule has 0 N–H and O–H groups in total. The summed E-state index contributed by atoms with van der Waals surface area (Å²) >= 11 is 6.16. The number of fused-ring (bicyclic) bond motifs is 1. The molecule has 26 heavy (non-hydrogen) atoms. The van der Waals surface area contributed by atoms with Gasteiger partial charge in [0.2, 0.25) is 0 Å². The topological polar surface area (TPSA) is 55.8 Å². The minimum absolute atomic E-state index is 0.317. The molecule has 0 saturated carbocycles. The molecular formula is C20H20ClNO4. The lowest BCUT2D eigenvalue weighted by molar-refractivity contribution is -0.143. The van der Waals surface area contributed by atoms with E-state index >= 15 is 0 Å². The van der Waals surface area contributed by atoms with Crippen LogP contribution in [0, 0.1) is 6.92 Å². The molecule has 3 rings (SSSR count). The summed E-state index contributed by atoms with van der Waals surface area (Å²) in [5.41, 5.74) is 2.61. The Kier molecular flexibility index (Phi) is 5.18. The minimum atomic E-state index is -0.812. The van der Waals surface area contributed by atoms with Gasteiger partial charge in [-0.2, -0.15) is 0 Å². The number of anilines is 1. The molecule has 2 aromatic rings. The van der Waals surface area contributed by atoms with Crippen molar-refractivity contribution in [1.29, 1.82) is 0 Å². The fourth-order valence-corrected chi connectivity index (χ4v) is 3.28. The Bertz CT molecular complexity index is 851. The summed E-state index contributed by atoms with van der Waals surface area (Å²) in [7, 11) is 1.32. The molecule has 2 atom stereocenters. The van der Waals surface area contributed by atoms with Crippen molar-refractivity contribution < 1.29 is 19.1 Å². The molecular weight excluding hydrogens is 354 g/mol. The summed E-state index contributed by atoms with van der Waals surface area (Å²) in [5, 5.41) is 0.432. The first-order valence-corrected chi connectivity index (χ1v) is 8.71. The predicted octanol–water partition coefficient (Wildman–Crippen LogP) is 3.55. The Morgan fingerprint density at radius 3 is 2.69 bits per heavy atom. The number of rotatable bonds is 4. The van der Waals surface area contributed by atoms with Gasteiger partial charge in [-0.05, 0) is 43.2 Å². The molecule has 2 unspecified atom stereocenters. The van der Waals surface area contributed by atoms with Gasteiger partial charge in [-0.15, -0.1) is 0 Å². The Labute approximate surface area is 157 Å². The second kappa shape index (κ2) is 7.38. The van der Waals surface area contributed by atoms with Crippen LogP contribution in [0.5, 0.6) is 5.75 Å². The minimum Gasteiger partial charge on any atom is -0.479 e. The van der Waals surface area contributed by atoms with Crippen molar-refractivity contribution in [1.82, 2.24) is 0 Å². The highest BCUT2D eigenvalue weighted by Crippen LogP contribution is 2.34. The SMILES string of the molecule is COC(=O)C1Cc2ccccc2N1C(=O)C(C)Oc1cc(C)ccc1Cl. The van der Waals surface area contributed by atoms with E-state index in [1.807, 2.05) is 37.3 Å². The summed E-state index contributed by atoms with van der Waals surface area (Å²) in [4.78, 5) is 26.8. The van der Waals surface area contributed by atoms with Gasteiger partial charge in [0.1, 0.15) is 11.8 Å². The Balaban J connectivity index is 1.88. The number of carbonyl (C=O) groups excluding carboxylic acids is 2. The number of carbonyl (C=O) groups is 2. The normalized spacial score (nSPS) is 16.8. The lowest BCUT2D eigenvalue weighted by atomic mass is 10.1. The van der Waals surface area contributed by atoms with Gasteiger partial charge in [0, 0.05) is 12.1 Å². The Hall–Kier alpha value is -2.53. The van der Waals surface area contributed by atoms with E-state index in [2.05, 4.69) is 0 Å². The van der Waals surface area contributed by atoms with Gasteiger partial charge in [-0.3, -0.25) is 9.69 Å². The largest absolute Gasteiger partial charge is 0.479 e. The second-order valence-corrected chi connectivity index (χ2v) is 6.68. The maximum atomic E-state index is 13.1. The first kappa shape index (κ1) is 18.3. The van der Waals surface area contributed by atoms with Crippen LogP contribution < -0.4 is 9.64 Å². The van der Waals surface area contributed by atoms with E-state index in [4.69, 9.17) is 21.1 Å². The molecule has 136 valence electrons. The first-order chi connectivity index (χ1) is 12.4. The third-order valence-corrected chi connectivity index (χ3v) is 4.74. The zero-order valence-corrected chi connectivity index (χ0v) is 15.6. The summed E-state index contributed by atoms with van der Waals surface area (Å²) < 4.78 is 10.7. The molecule has 2 aromatic carbocycles. The molecule has 1 aliphatic rings. The number of benzene rings is 2. The number of ether oxygens (including phenoxy) is 2. The van der Waals surface area contributed by atoms with Crippen molar-refractivity contribution in [2.24, 2.45) is 0 Å². The van der Waals surface area contributed by atoms with E-state index < -0.39 is 18.1 Å². The quantitative estimate of drug-likeness (QED) is 0.769. The van der Waals surface area contributed by atoms with Crippen molar-refractivity contribution in [2.75, 3.05) is 12.0 Å². The number of halogens is 1. The highest BCUT2D eigenvalue weighted by molar-refractivity contribution is 6.32. The monoisotopic (exact) mass is 373 g/mol. The van der Waals surface area contributed by atoms with Crippen LogP contribution in [-0.2, 0) is 20.7 Å². The fraction of sp³-hybridized carbons (Fsp3) is 0.300. The smallest absolute Gasteiger partial charge is 0.329 e. The molecule has 1 heterocycles. The fourth-order valence-electron chi connectivity index (χ4n) is 3.12. The Morgan fingerprint density at radius 1 is 1.23 bits per heavy atom. The third-order valence-electron chi connectivity index (χ3n) is 4.43. The summed E-state index contributed by atoms with van der Waals surface area (Å²) in [6.07, 6.45) is -0.389. The zero-order valence-electron chi connectivity index (χ0n) is 14.9. The van der Waals surface area contributed by atoms with Gasteiger partial charge in [0.05, 0.1) is 12.1 Å². The molecule has 6 heteroatoms. The maximum absolute atomic E-state index is 13.1. The van der Waals surface area contributed by atoms with Crippen molar-refractivity contribution in [2.45, 2.75) is 32.4 Å². The Morgan fingerprint density at radius 2 is 1.96 bits per heavy atom. The molecule has 0 radical (unpaired) electrons. The summed E-state index contributed by atoms with van der Waals surface area (Å²) in [6.45, 7) is 3.57. The molecule has 0 saturated heterocycles. The van der Waals surface area contributed by atoms with Crippen molar-refractivity contribution in [3.8, 4) is 5.75 Å². The molecule has 0 bridgehead atoms. The highest BCUT2D eigenvalue weighted by atomic mass is 35.5. The molecule has 1 amide bonds. The number of esters is 1. The average Bonchev–Trinajstić information content (AvgIpc) is 3.02. The number of para-hydroxylation sites is 1. The van der Waals surface area contributed by atoms with E-state index in [9.17, 15) is 9.59 Å². The van der Waals surface area contributed by atoms with Crippen LogP contribution in [0.3, 0.4) is 0 Å².